The van der Waals surface area contributed by atoms with Gasteiger partial charge in [0, 0.05) is 30.5 Å². The molecule has 9 heteroatoms. The van der Waals surface area contributed by atoms with Crippen LogP contribution < -0.4 is 4.72 Å². The molecule has 6 nitrogen and oxygen atoms in total. The number of rotatable bonds is 4. The first-order valence-corrected chi connectivity index (χ1v) is 8.44. The van der Waals surface area contributed by atoms with Crippen LogP contribution in [0.25, 0.3) is 4.96 Å². The molecular formula is C11H11ClN4O2S2. The highest BCUT2D eigenvalue weighted by Crippen LogP contribution is 2.25. The summed E-state index contributed by atoms with van der Waals surface area (Å²) in [6.45, 7) is 0.194. The molecule has 0 aliphatic rings. The minimum atomic E-state index is -3.73. The van der Waals surface area contributed by atoms with Crippen LogP contribution in [0.3, 0.4) is 0 Å². The third kappa shape index (κ3) is 2.24. The van der Waals surface area contributed by atoms with Gasteiger partial charge >= 0.3 is 0 Å². The van der Waals surface area contributed by atoms with Crippen LogP contribution in [-0.2, 0) is 23.6 Å². The standard InChI is InChI=1S/C11H11ClN4O2S2/c1-15-4-2-3-8(15)7-13-20(17,18)10-9(12)14-11-16(10)5-6-19-11/h2-6,13H,7H2,1H3. The highest BCUT2D eigenvalue weighted by Gasteiger charge is 2.24. The summed E-state index contributed by atoms with van der Waals surface area (Å²) in [5.41, 5.74) is 0.857. The number of thiazole rings is 1. The van der Waals surface area contributed by atoms with Crippen molar-refractivity contribution in [1.29, 1.82) is 0 Å². The van der Waals surface area contributed by atoms with E-state index >= 15 is 0 Å². The second-order valence-electron chi connectivity index (χ2n) is 4.20. The summed E-state index contributed by atoms with van der Waals surface area (Å²) in [4.78, 5) is 4.57. The fourth-order valence-corrected chi connectivity index (χ4v) is 4.34. The topological polar surface area (TPSA) is 68.4 Å². The maximum Gasteiger partial charge on any atom is 0.260 e. The smallest absolute Gasteiger partial charge is 0.260 e. The molecule has 3 rings (SSSR count). The van der Waals surface area contributed by atoms with E-state index in [0.29, 0.717) is 4.96 Å². The van der Waals surface area contributed by atoms with Gasteiger partial charge in [-0.3, -0.25) is 4.40 Å². The summed E-state index contributed by atoms with van der Waals surface area (Å²) in [5, 5.41) is 1.72. The Balaban J connectivity index is 1.94. The van der Waals surface area contributed by atoms with Crippen LogP contribution in [0, 0.1) is 0 Å². The molecule has 0 aliphatic carbocycles. The summed E-state index contributed by atoms with van der Waals surface area (Å²) < 4.78 is 30.6. The minimum absolute atomic E-state index is 0.0174. The van der Waals surface area contributed by atoms with E-state index in [4.69, 9.17) is 11.6 Å². The molecular weight excluding hydrogens is 320 g/mol. The second kappa shape index (κ2) is 4.88. The number of aromatic nitrogens is 3. The van der Waals surface area contributed by atoms with Crippen LogP contribution in [0.1, 0.15) is 5.69 Å². The van der Waals surface area contributed by atoms with E-state index in [1.54, 1.807) is 11.6 Å². The number of imidazole rings is 1. The van der Waals surface area contributed by atoms with Crippen LogP contribution in [0.2, 0.25) is 5.15 Å². The van der Waals surface area contributed by atoms with Crippen LogP contribution in [0.5, 0.6) is 0 Å². The molecule has 3 aromatic heterocycles. The zero-order chi connectivity index (χ0) is 14.3. The number of hydrogen-bond acceptors (Lipinski definition) is 4. The SMILES string of the molecule is Cn1cccc1CNS(=O)(=O)c1c(Cl)nc2sccn12. The molecule has 0 bridgehead atoms. The van der Waals surface area contributed by atoms with Gasteiger partial charge in [-0.05, 0) is 12.1 Å². The Morgan fingerprint density at radius 2 is 2.25 bits per heavy atom. The molecule has 0 amide bonds. The van der Waals surface area contributed by atoms with Gasteiger partial charge in [0.15, 0.2) is 15.1 Å². The first kappa shape index (κ1) is 13.6. The average Bonchev–Trinajstić information content (AvgIpc) is 3.02. The lowest BCUT2D eigenvalue weighted by Gasteiger charge is -2.07. The summed E-state index contributed by atoms with van der Waals surface area (Å²) >= 11 is 7.26. The monoisotopic (exact) mass is 330 g/mol. The zero-order valence-corrected chi connectivity index (χ0v) is 12.8. The molecule has 0 aromatic carbocycles. The molecule has 3 aromatic rings. The maximum absolute atomic E-state index is 12.4. The maximum atomic E-state index is 12.4. The normalized spacial score (nSPS) is 12.3. The molecule has 0 fully saturated rings. The van der Waals surface area contributed by atoms with E-state index in [2.05, 4.69) is 9.71 Å². The highest BCUT2D eigenvalue weighted by atomic mass is 35.5. The lowest BCUT2D eigenvalue weighted by molar-refractivity contribution is 0.574. The van der Waals surface area contributed by atoms with Gasteiger partial charge in [0.05, 0.1) is 6.54 Å². The number of hydrogen-bond donors (Lipinski definition) is 1. The van der Waals surface area contributed by atoms with Crippen molar-refractivity contribution < 1.29 is 8.42 Å². The van der Waals surface area contributed by atoms with Crippen LogP contribution >= 0.6 is 22.9 Å². The van der Waals surface area contributed by atoms with Crippen molar-refractivity contribution in [3.8, 4) is 0 Å². The molecule has 1 N–H and O–H groups in total. The second-order valence-corrected chi connectivity index (χ2v) is 7.11. The lowest BCUT2D eigenvalue weighted by atomic mass is 10.4. The first-order valence-electron chi connectivity index (χ1n) is 5.70. The molecule has 3 heterocycles. The van der Waals surface area contributed by atoms with Crippen molar-refractivity contribution in [2.75, 3.05) is 0 Å². The van der Waals surface area contributed by atoms with Crippen molar-refractivity contribution >= 4 is 37.9 Å². The van der Waals surface area contributed by atoms with Gasteiger partial charge in [0.2, 0.25) is 0 Å². The molecule has 0 unspecified atom stereocenters. The molecule has 0 atom stereocenters. The van der Waals surface area contributed by atoms with Crippen molar-refractivity contribution in [1.82, 2.24) is 18.7 Å². The van der Waals surface area contributed by atoms with Gasteiger partial charge in [0.25, 0.3) is 10.0 Å². The fourth-order valence-electron chi connectivity index (χ4n) is 1.90. The number of nitrogens with one attached hydrogen (secondary N) is 1. The third-order valence-electron chi connectivity index (χ3n) is 2.93. The van der Waals surface area contributed by atoms with E-state index < -0.39 is 10.0 Å². The number of halogens is 1. The van der Waals surface area contributed by atoms with Gasteiger partial charge in [0.1, 0.15) is 0 Å². The largest absolute Gasteiger partial charge is 0.353 e. The van der Waals surface area contributed by atoms with Gasteiger partial charge in [-0.25, -0.2) is 18.1 Å². The predicted molar refractivity (Wildman–Crippen MR) is 77.5 cm³/mol. The van der Waals surface area contributed by atoms with Crippen molar-refractivity contribution in [2.45, 2.75) is 11.6 Å². The van der Waals surface area contributed by atoms with Gasteiger partial charge in [-0.2, -0.15) is 0 Å². The van der Waals surface area contributed by atoms with E-state index in [9.17, 15) is 8.42 Å². The van der Waals surface area contributed by atoms with Crippen molar-refractivity contribution in [3.05, 3.63) is 40.8 Å². The Kier molecular flexibility index (Phi) is 3.33. The van der Waals surface area contributed by atoms with Crippen molar-refractivity contribution in [2.24, 2.45) is 7.05 Å². The van der Waals surface area contributed by atoms with Gasteiger partial charge in [-0.15, -0.1) is 11.3 Å². The van der Waals surface area contributed by atoms with E-state index in [-0.39, 0.29) is 16.7 Å². The molecule has 0 aliphatic heterocycles. The minimum Gasteiger partial charge on any atom is -0.353 e. The van der Waals surface area contributed by atoms with Gasteiger partial charge in [-0.1, -0.05) is 11.6 Å². The molecule has 106 valence electrons. The Morgan fingerprint density at radius 3 is 2.95 bits per heavy atom. The number of sulfonamides is 1. The number of fused-ring (bicyclic) bond motifs is 1. The third-order valence-corrected chi connectivity index (χ3v) is 5.48. The average molecular weight is 331 g/mol. The molecule has 0 saturated heterocycles. The van der Waals surface area contributed by atoms with Crippen molar-refractivity contribution in [3.63, 3.8) is 0 Å². The Morgan fingerprint density at radius 1 is 1.45 bits per heavy atom. The Labute approximate surface area is 124 Å². The summed E-state index contributed by atoms with van der Waals surface area (Å²) in [7, 11) is -1.87. The van der Waals surface area contributed by atoms with Crippen LogP contribution in [0.4, 0.5) is 0 Å². The summed E-state index contributed by atoms with van der Waals surface area (Å²) in [6, 6.07) is 3.70. The molecule has 0 spiro atoms. The number of nitrogens with zero attached hydrogens (tertiary/aromatic N) is 3. The Hall–Kier alpha value is -1.35. The Bertz CT molecular complexity index is 862. The van der Waals surface area contributed by atoms with Crippen LogP contribution in [0.15, 0.2) is 34.9 Å². The van der Waals surface area contributed by atoms with Gasteiger partial charge < -0.3 is 4.57 Å². The van der Waals surface area contributed by atoms with E-state index in [0.717, 1.165) is 5.69 Å². The lowest BCUT2D eigenvalue weighted by Crippen LogP contribution is -2.25. The number of aryl methyl sites for hydroxylation is 1. The van der Waals surface area contributed by atoms with Crippen LogP contribution in [-0.4, -0.2) is 22.4 Å². The highest BCUT2D eigenvalue weighted by molar-refractivity contribution is 7.89. The molecule has 0 saturated carbocycles. The molecule has 20 heavy (non-hydrogen) atoms. The first-order chi connectivity index (χ1) is 9.49. The molecule has 0 radical (unpaired) electrons. The summed E-state index contributed by atoms with van der Waals surface area (Å²) in [5.74, 6) is 0. The quantitative estimate of drug-likeness (QED) is 0.794. The summed E-state index contributed by atoms with van der Waals surface area (Å²) in [6.07, 6.45) is 3.49. The fraction of sp³-hybridized carbons (Fsp3) is 0.182. The predicted octanol–water partition coefficient (Wildman–Crippen LogP) is 1.87. The van der Waals surface area contributed by atoms with E-state index in [1.807, 2.05) is 29.9 Å². The van der Waals surface area contributed by atoms with E-state index in [1.165, 1.54) is 15.7 Å². The zero-order valence-electron chi connectivity index (χ0n) is 10.4.